The lowest BCUT2D eigenvalue weighted by atomic mass is 9.79. The normalized spacial score (nSPS) is 15.7. The van der Waals surface area contributed by atoms with Gasteiger partial charge in [0, 0.05) is 55.8 Å². The lowest BCUT2D eigenvalue weighted by molar-refractivity contribution is 0.648. The summed E-state index contributed by atoms with van der Waals surface area (Å²) in [6, 6.07) is 114. The molecule has 0 spiro atoms. The van der Waals surface area contributed by atoms with Gasteiger partial charge in [-0.05, 0) is 235 Å². The van der Waals surface area contributed by atoms with Crippen LogP contribution in [0.2, 0.25) is 0 Å². The Morgan fingerprint density at radius 3 is 0.960 bits per heavy atom. The van der Waals surface area contributed by atoms with Gasteiger partial charge in [0.05, 0.1) is 0 Å². The van der Waals surface area contributed by atoms with E-state index in [1.165, 1.54) is 166 Å². The summed E-state index contributed by atoms with van der Waals surface area (Å²) in [4.78, 5) is 5.21. The first kappa shape index (κ1) is 59.9. The van der Waals surface area contributed by atoms with Crippen molar-refractivity contribution < 1.29 is 0 Å². The monoisotopic (exact) mass is 1280 g/mol. The number of allylic oxidation sites excluding steroid dienone is 4. The fourth-order valence-corrected chi connectivity index (χ4v) is 18.8. The van der Waals surface area contributed by atoms with Gasteiger partial charge < -0.3 is 9.80 Å². The first-order valence-corrected chi connectivity index (χ1v) is 35.9. The van der Waals surface area contributed by atoms with E-state index < -0.39 is 0 Å². The van der Waals surface area contributed by atoms with Crippen molar-refractivity contribution in [1.29, 1.82) is 0 Å². The second-order valence-corrected chi connectivity index (χ2v) is 30.6. The van der Waals surface area contributed by atoms with E-state index in [0.717, 1.165) is 35.6 Å². The van der Waals surface area contributed by atoms with Crippen molar-refractivity contribution in [3.8, 4) is 77.9 Å². The van der Waals surface area contributed by atoms with Crippen molar-refractivity contribution in [2.45, 2.75) is 89.9 Å². The Kier molecular flexibility index (Phi) is 13.2. The van der Waals surface area contributed by atoms with E-state index >= 15 is 0 Å². The number of nitrogens with zero attached hydrogens (tertiary/aromatic N) is 2. The minimum atomic E-state index is -0.211. The second-order valence-electron chi connectivity index (χ2n) is 30.6. The first-order valence-electron chi connectivity index (χ1n) is 35.9. The Morgan fingerprint density at radius 2 is 0.540 bits per heavy atom. The molecule has 0 aromatic heterocycles. The highest BCUT2D eigenvalue weighted by Crippen LogP contribution is 2.58. The van der Waals surface area contributed by atoms with Crippen LogP contribution in [0.25, 0.3) is 105 Å². The molecule has 5 aliphatic carbocycles. The van der Waals surface area contributed by atoms with Crippen molar-refractivity contribution in [2.75, 3.05) is 9.80 Å². The van der Waals surface area contributed by atoms with Gasteiger partial charge >= 0.3 is 0 Å². The quantitative estimate of drug-likeness (QED) is 0.126. The predicted molar refractivity (Wildman–Crippen MR) is 423 cm³/mol. The van der Waals surface area contributed by atoms with Gasteiger partial charge in [0.25, 0.3) is 0 Å². The molecule has 14 aromatic rings. The topological polar surface area (TPSA) is 6.48 Å². The summed E-state index contributed by atoms with van der Waals surface area (Å²) in [6.45, 7) is 19.3. The van der Waals surface area contributed by atoms with Gasteiger partial charge in [-0.2, -0.15) is 0 Å². The average Bonchev–Trinajstić information content (AvgIpc) is 1.47. The molecule has 0 fully saturated rings. The van der Waals surface area contributed by atoms with Gasteiger partial charge in [0.2, 0.25) is 0 Å². The number of rotatable bonds is 10. The van der Waals surface area contributed by atoms with Gasteiger partial charge in [-0.25, -0.2) is 0 Å². The zero-order valence-corrected chi connectivity index (χ0v) is 58.2. The third-order valence-corrected chi connectivity index (χ3v) is 23.8. The summed E-state index contributed by atoms with van der Waals surface area (Å²) in [7, 11) is 0. The van der Waals surface area contributed by atoms with Crippen LogP contribution in [0.4, 0.5) is 28.4 Å². The van der Waals surface area contributed by atoms with Crippen LogP contribution in [-0.4, -0.2) is 0 Å². The second kappa shape index (κ2) is 22.1. The average molecular weight is 1280 g/mol. The van der Waals surface area contributed by atoms with Gasteiger partial charge in [-0.1, -0.05) is 292 Å². The van der Waals surface area contributed by atoms with Gasteiger partial charge in [-0.15, -0.1) is 0 Å². The summed E-state index contributed by atoms with van der Waals surface area (Å²) in [5, 5.41) is 4.75. The van der Waals surface area contributed by atoms with E-state index in [1.54, 1.807) is 0 Å². The summed E-state index contributed by atoms with van der Waals surface area (Å²) in [5.74, 6) is 0. The molecule has 2 nitrogen and oxygen atoms in total. The van der Waals surface area contributed by atoms with Crippen molar-refractivity contribution in [3.63, 3.8) is 0 Å². The maximum atomic E-state index is 2.64. The Balaban J connectivity index is 0.909. The van der Waals surface area contributed by atoms with Crippen LogP contribution in [0, 0.1) is 0 Å². The molecule has 0 radical (unpaired) electrons. The molecule has 480 valence electrons. The largest absolute Gasteiger partial charge is 0.314 e. The molecule has 0 saturated carbocycles. The van der Waals surface area contributed by atoms with Gasteiger partial charge in [0.15, 0.2) is 0 Å². The molecule has 100 heavy (non-hydrogen) atoms. The van der Waals surface area contributed by atoms with Crippen LogP contribution >= 0.6 is 0 Å². The van der Waals surface area contributed by atoms with Crippen LogP contribution in [0.1, 0.15) is 113 Å². The summed E-state index contributed by atoms with van der Waals surface area (Å²) < 4.78 is 0. The van der Waals surface area contributed by atoms with Crippen molar-refractivity contribution in [3.05, 3.63) is 359 Å². The van der Waals surface area contributed by atoms with Crippen LogP contribution in [0.15, 0.2) is 315 Å². The minimum absolute atomic E-state index is 0.164. The van der Waals surface area contributed by atoms with Gasteiger partial charge in [0.1, 0.15) is 0 Å². The van der Waals surface area contributed by atoms with Crippen molar-refractivity contribution in [1.82, 2.24) is 0 Å². The van der Waals surface area contributed by atoms with E-state index in [-0.39, 0.29) is 21.7 Å². The van der Waals surface area contributed by atoms with E-state index in [9.17, 15) is 0 Å². The first-order chi connectivity index (χ1) is 48.6. The molecular weight excluding hydrogens is 1210 g/mol. The molecule has 19 rings (SSSR count). The molecule has 0 bridgehead atoms. The Morgan fingerprint density at radius 1 is 0.230 bits per heavy atom. The maximum absolute atomic E-state index is 2.64. The maximum Gasteiger partial charge on any atom is 0.0468 e. The zero-order chi connectivity index (χ0) is 67.6. The molecule has 0 heterocycles. The van der Waals surface area contributed by atoms with Crippen molar-refractivity contribution in [2.24, 2.45) is 0 Å². The van der Waals surface area contributed by atoms with Crippen LogP contribution < -0.4 is 9.80 Å². The number of fused-ring (bicyclic) bond motifs is 13. The lowest BCUT2D eigenvalue weighted by Gasteiger charge is -2.34. The molecule has 0 amide bonds. The van der Waals surface area contributed by atoms with E-state index in [1.807, 2.05) is 0 Å². The van der Waals surface area contributed by atoms with Crippen LogP contribution in [0.5, 0.6) is 0 Å². The zero-order valence-electron chi connectivity index (χ0n) is 58.2. The molecule has 14 aromatic carbocycles. The Labute approximate surface area is 588 Å². The Hall–Kier alpha value is -11.3. The highest BCUT2D eigenvalue weighted by atomic mass is 15.2. The molecule has 5 aliphatic rings. The molecular formula is C98H78N2. The summed E-state index contributed by atoms with van der Waals surface area (Å²) >= 11 is 0. The van der Waals surface area contributed by atoms with Crippen LogP contribution in [-0.2, 0) is 21.7 Å². The Bertz CT molecular complexity index is 5740. The molecule has 0 N–H and O–H groups in total. The number of anilines is 5. The highest BCUT2D eigenvalue weighted by Gasteiger charge is 2.42. The predicted octanol–water partition coefficient (Wildman–Crippen LogP) is 26.6. The van der Waals surface area contributed by atoms with E-state index in [2.05, 4.69) is 369 Å². The number of benzene rings is 14. The number of hydrogen-bond acceptors (Lipinski definition) is 2. The third kappa shape index (κ3) is 8.81. The van der Waals surface area contributed by atoms with Gasteiger partial charge in [-0.3, -0.25) is 0 Å². The molecule has 0 saturated heterocycles. The standard InChI is InChI=1S/C98H78N2/c1-95(2)85-39-23-19-33-71(85)75-49-43-65(57-89(75)95)99(66-44-50-76-72-34-20-24-40-86(72)96(3,4)90(76)58-66)63-47-53-81-83(55-63)93(79-37-17-15-31-69(79)61-27-11-9-12-28-61)82-54-48-64(56-84(82)94(81)80-38-18-16-32-70(80)62-29-13-10-14-30-62)100(67-45-51-77-73-35-21-25-41-87(73)97(5,6)91(77)59-67)68-46-52-78-74-36-22-26-42-88(74)98(7,8)92(78)60-68/h9-45,47-51,53-60H,46,52H2,1-8H3. The van der Waals surface area contributed by atoms with E-state index in [0.29, 0.717) is 0 Å². The fraction of sp³-hybridized carbons (Fsp3) is 0.143. The van der Waals surface area contributed by atoms with E-state index in [4.69, 9.17) is 0 Å². The molecule has 0 unspecified atom stereocenters. The lowest BCUT2D eigenvalue weighted by Crippen LogP contribution is -2.23. The fourth-order valence-electron chi connectivity index (χ4n) is 18.8. The minimum Gasteiger partial charge on any atom is -0.314 e. The summed E-state index contributed by atoms with van der Waals surface area (Å²) in [5.41, 5.74) is 37.5. The van der Waals surface area contributed by atoms with Crippen molar-refractivity contribution >= 4 is 55.6 Å². The highest BCUT2D eigenvalue weighted by molar-refractivity contribution is 6.24. The molecule has 2 heteroatoms. The SMILES string of the molecule is CC1(C)C2=C(CCC(N(c3ccc4c(c3)C(C)(C)c3ccccc3-4)c3ccc4c(-c5ccccc5-c5ccccc5)c5cc(N(c6ccc7c(c6)C(C)(C)c6ccccc6-7)c6ccc7c(c6)C(C)(C)c6ccccc6-7)ccc5c(-c5ccccc5-c5ccccc5)c4c3)=C2)c2ccccc21. The third-order valence-electron chi connectivity index (χ3n) is 23.8. The molecule has 0 aliphatic heterocycles. The smallest absolute Gasteiger partial charge is 0.0468 e. The number of hydrogen-bond donors (Lipinski definition) is 0. The van der Waals surface area contributed by atoms with Crippen LogP contribution in [0.3, 0.4) is 0 Å². The molecule has 0 atom stereocenters. The summed E-state index contributed by atoms with van der Waals surface area (Å²) in [6.07, 6.45) is 4.43.